The van der Waals surface area contributed by atoms with E-state index in [1.165, 1.54) is 10.5 Å². The van der Waals surface area contributed by atoms with Gasteiger partial charge in [-0.05, 0) is 41.0 Å². The number of carbonyl (C=O) groups is 2. The molecule has 0 bridgehead atoms. The SMILES string of the molecule is CC(C)c1ccc(CN2C(=O)N[C@]3(CCc4ccccc43)C2=O)cc1. The number of hydrogen-bond acceptors (Lipinski definition) is 2. The van der Waals surface area contributed by atoms with Gasteiger partial charge in [-0.25, -0.2) is 4.79 Å². The van der Waals surface area contributed by atoms with Crippen LogP contribution in [0.15, 0.2) is 48.5 Å². The number of benzene rings is 2. The van der Waals surface area contributed by atoms with Crippen LogP contribution in [0.2, 0.25) is 0 Å². The summed E-state index contributed by atoms with van der Waals surface area (Å²) in [4.78, 5) is 27.0. The zero-order valence-electron chi connectivity index (χ0n) is 14.6. The van der Waals surface area contributed by atoms with Crippen molar-refractivity contribution in [3.8, 4) is 0 Å². The van der Waals surface area contributed by atoms with Gasteiger partial charge in [-0.15, -0.1) is 0 Å². The molecule has 0 unspecified atom stereocenters. The third-order valence-corrected chi connectivity index (χ3v) is 5.41. The molecule has 1 aliphatic heterocycles. The van der Waals surface area contributed by atoms with Crippen molar-refractivity contribution in [2.75, 3.05) is 0 Å². The maximum atomic E-state index is 13.1. The van der Waals surface area contributed by atoms with E-state index in [0.29, 0.717) is 18.9 Å². The highest BCUT2D eigenvalue weighted by atomic mass is 16.2. The number of fused-ring (bicyclic) bond motifs is 2. The number of urea groups is 1. The first-order valence-electron chi connectivity index (χ1n) is 8.82. The summed E-state index contributed by atoms with van der Waals surface area (Å²) < 4.78 is 0. The summed E-state index contributed by atoms with van der Waals surface area (Å²) in [5.41, 5.74) is 3.45. The first-order valence-corrected chi connectivity index (χ1v) is 8.82. The number of aryl methyl sites for hydroxylation is 1. The average molecular weight is 334 g/mol. The molecule has 1 N–H and O–H groups in total. The van der Waals surface area contributed by atoms with Gasteiger partial charge in [-0.2, -0.15) is 0 Å². The van der Waals surface area contributed by atoms with Gasteiger partial charge in [0.2, 0.25) is 0 Å². The molecule has 1 heterocycles. The van der Waals surface area contributed by atoms with E-state index in [1.54, 1.807) is 0 Å². The summed E-state index contributed by atoms with van der Waals surface area (Å²) in [6.07, 6.45) is 1.46. The van der Waals surface area contributed by atoms with E-state index < -0.39 is 5.54 Å². The minimum absolute atomic E-state index is 0.129. The lowest BCUT2D eigenvalue weighted by Gasteiger charge is -2.22. The Bertz CT molecular complexity index is 841. The molecule has 0 aromatic heterocycles. The summed E-state index contributed by atoms with van der Waals surface area (Å²) >= 11 is 0. The van der Waals surface area contributed by atoms with Crippen molar-refractivity contribution in [1.82, 2.24) is 10.2 Å². The first-order chi connectivity index (χ1) is 12.0. The topological polar surface area (TPSA) is 49.4 Å². The van der Waals surface area contributed by atoms with Crippen LogP contribution in [-0.2, 0) is 23.3 Å². The Balaban J connectivity index is 1.60. The van der Waals surface area contributed by atoms with Crippen LogP contribution in [0.5, 0.6) is 0 Å². The number of hydrogen-bond donors (Lipinski definition) is 1. The Hall–Kier alpha value is -2.62. The zero-order chi connectivity index (χ0) is 17.6. The van der Waals surface area contributed by atoms with Crippen molar-refractivity contribution >= 4 is 11.9 Å². The van der Waals surface area contributed by atoms with Crippen LogP contribution < -0.4 is 5.32 Å². The summed E-state index contributed by atoms with van der Waals surface area (Å²) in [6, 6.07) is 15.8. The number of imide groups is 1. The number of rotatable bonds is 3. The van der Waals surface area contributed by atoms with Crippen LogP contribution in [0, 0.1) is 0 Å². The van der Waals surface area contributed by atoms with Crippen molar-refractivity contribution in [2.45, 2.75) is 44.7 Å². The number of carbonyl (C=O) groups excluding carboxylic acids is 2. The lowest BCUT2D eigenvalue weighted by Crippen LogP contribution is -2.41. The van der Waals surface area contributed by atoms with Crippen LogP contribution >= 0.6 is 0 Å². The average Bonchev–Trinajstić information content (AvgIpc) is 3.09. The quantitative estimate of drug-likeness (QED) is 0.870. The van der Waals surface area contributed by atoms with Gasteiger partial charge in [0.1, 0.15) is 5.54 Å². The maximum absolute atomic E-state index is 13.1. The number of nitrogens with one attached hydrogen (secondary N) is 1. The summed E-state index contributed by atoms with van der Waals surface area (Å²) in [5, 5.41) is 2.97. The number of amides is 3. The Morgan fingerprint density at radius 1 is 1.08 bits per heavy atom. The molecule has 4 heteroatoms. The largest absolute Gasteiger partial charge is 0.325 e. The van der Waals surface area contributed by atoms with E-state index in [4.69, 9.17) is 0 Å². The monoisotopic (exact) mass is 334 g/mol. The Morgan fingerprint density at radius 2 is 1.80 bits per heavy atom. The fraction of sp³-hybridized carbons (Fsp3) is 0.333. The molecule has 0 saturated carbocycles. The predicted octanol–water partition coefficient (Wildman–Crippen LogP) is 3.70. The van der Waals surface area contributed by atoms with Crippen LogP contribution in [0.1, 0.15) is 48.4 Å². The fourth-order valence-corrected chi connectivity index (χ4v) is 3.92. The molecule has 4 rings (SSSR count). The second-order valence-corrected chi connectivity index (χ2v) is 7.28. The van der Waals surface area contributed by atoms with Gasteiger partial charge in [0.25, 0.3) is 5.91 Å². The molecule has 3 amide bonds. The van der Waals surface area contributed by atoms with E-state index in [0.717, 1.165) is 23.1 Å². The van der Waals surface area contributed by atoms with Crippen molar-refractivity contribution in [3.05, 3.63) is 70.8 Å². The summed E-state index contributed by atoms with van der Waals surface area (Å²) in [5.74, 6) is 0.333. The molecule has 25 heavy (non-hydrogen) atoms. The van der Waals surface area contributed by atoms with Gasteiger partial charge >= 0.3 is 6.03 Å². The molecule has 1 aliphatic carbocycles. The lowest BCUT2D eigenvalue weighted by atomic mass is 9.92. The molecule has 128 valence electrons. The Labute approximate surface area is 147 Å². The molecule has 2 aliphatic rings. The van der Waals surface area contributed by atoms with Crippen molar-refractivity contribution in [3.63, 3.8) is 0 Å². The fourth-order valence-electron chi connectivity index (χ4n) is 3.92. The lowest BCUT2D eigenvalue weighted by molar-refractivity contribution is -0.132. The van der Waals surface area contributed by atoms with Gasteiger partial charge < -0.3 is 5.32 Å². The third kappa shape index (κ3) is 2.44. The van der Waals surface area contributed by atoms with Gasteiger partial charge in [0.15, 0.2) is 0 Å². The minimum Gasteiger partial charge on any atom is -0.319 e. The van der Waals surface area contributed by atoms with Crippen molar-refractivity contribution in [2.24, 2.45) is 0 Å². The third-order valence-electron chi connectivity index (χ3n) is 5.41. The molecule has 1 fully saturated rings. The van der Waals surface area contributed by atoms with E-state index in [2.05, 4.69) is 31.3 Å². The second kappa shape index (κ2) is 5.73. The van der Waals surface area contributed by atoms with E-state index in [9.17, 15) is 9.59 Å². The van der Waals surface area contributed by atoms with Crippen LogP contribution in [-0.4, -0.2) is 16.8 Å². The predicted molar refractivity (Wildman–Crippen MR) is 96.1 cm³/mol. The van der Waals surface area contributed by atoms with Gasteiger partial charge in [0.05, 0.1) is 6.54 Å². The molecule has 2 aromatic rings. The van der Waals surface area contributed by atoms with Gasteiger partial charge in [-0.3, -0.25) is 9.69 Å². The smallest absolute Gasteiger partial charge is 0.319 e. The Kier molecular flexibility index (Phi) is 3.64. The Morgan fingerprint density at radius 3 is 2.52 bits per heavy atom. The molecule has 0 radical (unpaired) electrons. The standard InChI is InChI=1S/C21H22N2O2/c1-14(2)16-9-7-15(8-10-16)13-23-19(24)21(22-20(23)25)12-11-17-5-3-4-6-18(17)21/h3-10,14H,11-13H2,1-2H3,(H,22,25)/t21-/m0/s1. The van der Waals surface area contributed by atoms with Crippen LogP contribution in [0.3, 0.4) is 0 Å². The van der Waals surface area contributed by atoms with Crippen LogP contribution in [0.25, 0.3) is 0 Å². The summed E-state index contributed by atoms with van der Waals surface area (Å²) in [7, 11) is 0. The first kappa shape index (κ1) is 15.9. The molecular weight excluding hydrogens is 312 g/mol. The maximum Gasteiger partial charge on any atom is 0.325 e. The summed E-state index contributed by atoms with van der Waals surface area (Å²) in [6.45, 7) is 4.61. The van der Waals surface area contributed by atoms with E-state index >= 15 is 0 Å². The van der Waals surface area contributed by atoms with Crippen molar-refractivity contribution in [1.29, 1.82) is 0 Å². The molecular formula is C21H22N2O2. The molecule has 1 spiro atoms. The highest BCUT2D eigenvalue weighted by Gasteiger charge is 2.55. The number of nitrogens with zero attached hydrogens (tertiary/aromatic N) is 1. The molecule has 1 saturated heterocycles. The zero-order valence-corrected chi connectivity index (χ0v) is 14.6. The minimum atomic E-state index is -0.869. The van der Waals surface area contributed by atoms with E-state index in [1.807, 2.05) is 36.4 Å². The van der Waals surface area contributed by atoms with E-state index in [-0.39, 0.29) is 11.9 Å². The van der Waals surface area contributed by atoms with Crippen LogP contribution in [0.4, 0.5) is 4.79 Å². The highest BCUT2D eigenvalue weighted by molar-refractivity contribution is 6.08. The van der Waals surface area contributed by atoms with Crippen molar-refractivity contribution < 1.29 is 9.59 Å². The molecule has 2 aromatic carbocycles. The molecule has 4 nitrogen and oxygen atoms in total. The second-order valence-electron chi connectivity index (χ2n) is 7.28. The normalized spacial score (nSPS) is 22.0. The van der Waals surface area contributed by atoms with Gasteiger partial charge in [-0.1, -0.05) is 62.4 Å². The van der Waals surface area contributed by atoms with Gasteiger partial charge in [0, 0.05) is 0 Å². The molecule has 1 atom stereocenters. The highest BCUT2D eigenvalue weighted by Crippen LogP contribution is 2.41.